The lowest BCUT2D eigenvalue weighted by molar-refractivity contribution is 0.0803. The van der Waals surface area contributed by atoms with Crippen LogP contribution in [-0.2, 0) is 0 Å². The molecule has 0 bridgehead atoms. The van der Waals surface area contributed by atoms with Crippen LogP contribution in [0.25, 0.3) is 10.1 Å². The molecular weight excluding hydrogens is 218 g/mol. The summed E-state index contributed by atoms with van der Waals surface area (Å²) in [5.41, 5.74) is 6.31. The average molecular weight is 231 g/mol. The highest BCUT2D eigenvalue weighted by Crippen LogP contribution is 2.35. The Morgan fingerprint density at radius 2 is 2.12 bits per heavy atom. The maximum absolute atomic E-state index is 12.3. The van der Waals surface area contributed by atoms with Crippen molar-refractivity contribution in [3.8, 4) is 0 Å². The van der Waals surface area contributed by atoms with E-state index >= 15 is 0 Å². The molecule has 1 aliphatic rings. The zero-order chi connectivity index (χ0) is 11.2. The minimum absolute atomic E-state index is 0.117. The Morgan fingerprint density at radius 1 is 1.31 bits per heavy atom. The fourth-order valence-corrected chi connectivity index (χ4v) is 3.14. The van der Waals surface area contributed by atoms with Gasteiger partial charge in [0.25, 0.3) is 0 Å². The summed E-state index contributed by atoms with van der Waals surface area (Å²) in [6.07, 6.45) is 2.73. The van der Waals surface area contributed by atoms with E-state index in [2.05, 4.69) is 0 Å². The Kier molecular flexibility index (Phi) is 2.13. The first-order valence-electron chi connectivity index (χ1n) is 5.51. The van der Waals surface area contributed by atoms with E-state index < -0.39 is 5.54 Å². The number of carbonyl (C=O) groups is 1. The van der Waals surface area contributed by atoms with Gasteiger partial charge < -0.3 is 5.73 Å². The number of carbonyl (C=O) groups excluding carboxylic acids is 1. The summed E-state index contributed by atoms with van der Waals surface area (Å²) in [7, 11) is 0. The molecule has 2 N–H and O–H groups in total. The fourth-order valence-electron chi connectivity index (χ4n) is 2.22. The Bertz CT molecular complexity index is 554. The first-order chi connectivity index (χ1) is 7.71. The van der Waals surface area contributed by atoms with Gasteiger partial charge in [0.05, 0.1) is 5.54 Å². The molecule has 3 rings (SSSR count). The van der Waals surface area contributed by atoms with Gasteiger partial charge in [0.2, 0.25) is 0 Å². The molecular formula is C13H13NOS. The highest BCUT2D eigenvalue weighted by atomic mass is 32.1. The quantitative estimate of drug-likeness (QED) is 0.807. The van der Waals surface area contributed by atoms with Crippen LogP contribution in [0.15, 0.2) is 29.6 Å². The van der Waals surface area contributed by atoms with Gasteiger partial charge in [-0.1, -0.05) is 12.1 Å². The number of hydrogen-bond acceptors (Lipinski definition) is 3. The molecule has 0 amide bonds. The van der Waals surface area contributed by atoms with E-state index in [1.165, 1.54) is 0 Å². The molecule has 1 heterocycles. The van der Waals surface area contributed by atoms with Gasteiger partial charge in [-0.3, -0.25) is 4.79 Å². The number of fused-ring (bicyclic) bond motifs is 1. The van der Waals surface area contributed by atoms with E-state index in [9.17, 15) is 4.79 Å². The summed E-state index contributed by atoms with van der Waals surface area (Å²) < 4.78 is 1.07. The number of nitrogens with two attached hydrogens (primary N) is 1. The Balaban J connectivity index is 2.11. The van der Waals surface area contributed by atoms with Crippen molar-refractivity contribution >= 4 is 27.2 Å². The zero-order valence-electron chi connectivity index (χ0n) is 8.90. The SMILES string of the molecule is NC1(C(=O)c2cccc3ccsc23)CCC1. The molecule has 0 saturated heterocycles. The Labute approximate surface area is 98.1 Å². The molecule has 1 aromatic carbocycles. The predicted octanol–water partition coefficient (Wildman–Crippen LogP) is 2.97. The van der Waals surface area contributed by atoms with Crippen molar-refractivity contribution in [2.75, 3.05) is 0 Å². The normalized spacial score (nSPS) is 18.3. The number of Topliss-reactive ketones (excluding diaryl/α,β-unsaturated/α-hetero) is 1. The van der Waals surface area contributed by atoms with Crippen molar-refractivity contribution in [1.29, 1.82) is 0 Å². The summed E-state index contributed by atoms with van der Waals surface area (Å²) in [4.78, 5) is 12.3. The van der Waals surface area contributed by atoms with Gasteiger partial charge in [0.15, 0.2) is 5.78 Å². The van der Waals surface area contributed by atoms with Crippen LogP contribution in [0, 0.1) is 0 Å². The highest BCUT2D eigenvalue weighted by Gasteiger charge is 2.40. The lowest BCUT2D eigenvalue weighted by atomic mass is 9.73. The van der Waals surface area contributed by atoms with Gasteiger partial charge in [0, 0.05) is 10.3 Å². The number of rotatable bonds is 2. The first-order valence-corrected chi connectivity index (χ1v) is 6.39. The minimum Gasteiger partial charge on any atom is -0.319 e. The van der Waals surface area contributed by atoms with Crippen molar-refractivity contribution in [3.63, 3.8) is 0 Å². The van der Waals surface area contributed by atoms with Gasteiger partial charge in [-0.2, -0.15) is 0 Å². The third kappa shape index (κ3) is 1.32. The van der Waals surface area contributed by atoms with Crippen LogP contribution in [0.3, 0.4) is 0 Å². The van der Waals surface area contributed by atoms with E-state index in [-0.39, 0.29) is 5.78 Å². The van der Waals surface area contributed by atoms with E-state index in [1.54, 1.807) is 11.3 Å². The van der Waals surface area contributed by atoms with Crippen LogP contribution in [0.2, 0.25) is 0 Å². The van der Waals surface area contributed by atoms with Crippen molar-refractivity contribution in [3.05, 3.63) is 35.2 Å². The van der Waals surface area contributed by atoms with Crippen molar-refractivity contribution in [2.24, 2.45) is 5.73 Å². The molecule has 2 nitrogen and oxygen atoms in total. The highest BCUT2D eigenvalue weighted by molar-refractivity contribution is 7.17. The molecule has 82 valence electrons. The van der Waals surface area contributed by atoms with Crippen LogP contribution < -0.4 is 5.73 Å². The van der Waals surface area contributed by atoms with Gasteiger partial charge in [-0.15, -0.1) is 11.3 Å². The van der Waals surface area contributed by atoms with Gasteiger partial charge in [0.1, 0.15) is 0 Å². The molecule has 16 heavy (non-hydrogen) atoms. The molecule has 2 aromatic rings. The number of benzene rings is 1. The van der Waals surface area contributed by atoms with E-state index in [0.29, 0.717) is 0 Å². The van der Waals surface area contributed by atoms with Crippen LogP contribution >= 0.6 is 11.3 Å². The monoisotopic (exact) mass is 231 g/mol. The maximum Gasteiger partial charge on any atom is 0.184 e. The second-order valence-electron chi connectivity index (χ2n) is 4.48. The molecule has 0 radical (unpaired) electrons. The molecule has 0 aliphatic heterocycles. The molecule has 1 fully saturated rings. The van der Waals surface area contributed by atoms with Gasteiger partial charge in [-0.25, -0.2) is 0 Å². The zero-order valence-corrected chi connectivity index (χ0v) is 9.72. The smallest absolute Gasteiger partial charge is 0.184 e. The second-order valence-corrected chi connectivity index (χ2v) is 5.40. The number of thiophene rings is 1. The summed E-state index contributed by atoms with van der Waals surface area (Å²) >= 11 is 1.62. The van der Waals surface area contributed by atoms with Crippen LogP contribution in [-0.4, -0.2) is 11.3 Å². The third-order valence-electron chi connectivity index (χ3n) is 3.42. The summed E-state index contributed by atoms with van der Waals surface area (Å²) in [5.74, 6) is 0.117. The molecule has 1 saturated carbocycles. The van der Waals surface area contributed by atoms with Gasteiger partial charge in [-0.05, 0) is 42.2 Å². The first kappa shape index (κ1) is 10.00. The standard InChI is InChI=1S/C13H13NOS/c14-13(6-2-7-13)12(15)10-4-1-3-9-5-8-16-11(9)10/h1,3-5,8H,2,6-7,14H2. The van der Waals surface area contributed by atoms with Gasteiger partial charge >= 0.3 is 0 Å². The van der Waals surface area contributed by atoms with Crippen molar-refractivity contribution in [2.45, 2.75) is 24.8 Å². The Hall–Kier alpha value is -1.19. The molecule has 0 spiro atoms. The summed E-state index contributed by atoms with van der Waals surface area (Å²) in [5, 5.41) is 3.16. The fraction of sp³-hybridized carbons (Fsp3) is 0.308. The molecule has 1 aromatic heterocycles. The second kappa shape index (κ2) is 3.40. The minimum atomic E-state index is -0.585. The largest absolute Gasteiger partial charge is 0.319 e. The van der Waals surface area contributed by atoms with Crippen LogP contribution in [0.1, 0.15) is 29.6 Å². The lowest BCUT2D eigenvalue weighted by Crippen LogP contribution is -2.53. The summed E-state index contributed by atoms with van der Waals surface area (Å²) in [6.45, 7) is 0. The Morgan fingerprint density at radius 3 is 2.81 bits per heavy atom. The van der Waals surface area contributed by atoms with Crippen molar-refractivity contribution in [1.82, 2.24) is 0 Å². The molecule has 1 aliphatic carbocycles. The molecule has 3 heteroatoms. The van der Waals surface area contributed by atoms with E-state index in [1.807, 2.05) is 29.6 Å². The number of hydrogen-bond donors (Lipinski definition) is 1. The van der Waals surface area contributed by atoms with Crippen molar-refractivity contribution < 1.29 is 4.79 Å². The van der Waals surface area contributed by atoms with Crippen LogP contribution in [0.4, 0.5) is 0 Å². The third-order valence-corrected chi connectivity index (χ3v) is 4.39. The topological polar surface area (TPSA) is 43.1 Å². The molecule has 0 unspecified atom stereocenters. The average Bonchev–Trinajstić information content (AvgIpc) is 2.72. The predicted molar refractivity (Wildman–Crippen MR) is 66.9 cm³/mol. The van der Waals surface area contributed by atoms with Crippen LogP contribution in [0.5, 0.6) is 0 Å². The van der Waals surface area contributed by atoms with E-state index in [4.69, 9.17) is 5.73 Å². The maximum atomic E-state index is 12.3. The van der Waals surface area contributed by atoms with E-state index in [0.717, 1.165) is 34.9 Å². The lowest BCUT2D eigenvalue weighted by Gasteiger charge is -2.36. The molecule has 0 atom stereocenters. The number of ketones is 1. The summed E-state index contributed by atoms with van der Waals surface area (Å²) in [6, 6.07) is 7.91.